The van der Waals surface area contributed by atoms with E-state index in [1.54, 1.807) is 12.4 Å². The molecular weight excluding hydrogens is 254 g/mol. The molecular formula is C14H19N5O. The predicted molar refractivity (Wildman–Crippen MR) is 77.6 cm³/mol. The summed E-state index contributed by atoms with van der Waals surface area (Å²) >= 11 is 0. The van der Waals surface area contributed by atoms with Gasteiger partial charge in [0.05, 0.1) is 12.7 Å². The van der Waals surface area contributed by atoms with Crippen molar-refractivity contribution < 1.29 is 4.74 Å². The molecule has 0 unspecified atom stereocenters. The number of aromatic nitrogens is 3. The minimum atomic E-state index is 0.329. The number of nitrogens with two attached hydrogens (primary N) is 1. The number of rotatable bonds is 4. The highest BCUT2D eigenvalue weighted by Crippen LogP contribution is 2.21. The Labute approximate surface area is 118 Å². The van der Waals surface area contributed by atoms with Gasteiger partial charge in [0.2, 0.25) is 0 Å². The molecule has 0 radical (unpaired) electrons. The Hall–Kier alpha value is -1.79. The molecule has 20 heavy (non-hydrogen) atoms. The summed E-state index contributed by atoms with van der Waals surface area (Å²) in [6, 6.07) is 3.99. The Balaban J connectivity index is 1.67. The zero-order chi connectivity index (χ0) is 13.8. The zero-order valence-corrected chi connectivity index (χ0v) is 11.4. The maximum atomic E-state index is 5.69. The van der Waals surface area contributed by atoms with Crippen LogP contribution in [-0.2, 0) is 4.74 Å². The van der Waals surface area contributed by atoms with Gasteiger partial charge in [0.25, 0.3) is 0 Å². The molecule has 3 rings (SSSR count). The lowest BCUT2D eigenvalue weighted by Crippen LogP contribution is -2.38. The normalized spacial score (nSPS) is 16.8. The third-order valence-corrected chi connectivity index (χ3v) is 3.55. The van der Waals surface area contributed by atoms with E-state index in [1.165, 1.54) is 0 Å². The fourth-order valence-corrected chi connectivity index (χ4v) is 2.51. The number of nitrogens with zero attached hydrogens (tertiary/aromatic N) is 4. The molecule has 106 valence electrons. The number of hydrogen-bond acceptors (Lipinski definition) is 6. The van der Waals surface area contributed by atoms with Gasteiger partial charge < -0.3 is 15.4 Å². The second-order valence-corrected chi connectivity index (χ2v) is 4.91. The lowest BCUT2D eigenvalue weighted by atomic mass is 10.1. The second kappa shape index (κ2) is 6.11. The summed E-state index contributed by atoms with van der Waals surface area (Å²) in [6.07, 6.45) is 5.71. The summed E-state index contributed by atoms with van der Waals surface area (Å²) < 4.78 is 5.69. The molecule has 0 aliphatic carbocycles. The van der Waals surface area contributed by atoms with Gasteiger partial charge in [0, 0.05) is 32.0 Å². The lowest BCUT2D eigenvalue weighted by molar-refractivity contribution is 0.0421. The van der Waals surface area contributed by atoms with Crippen molar-refractivity contribution in [1.29, 1.82) is 0 Å². The van der Waals surface area contributed by atoms with Crippen molar-refractivity contribution in [1.82, 2.24) is 15.0 Å². The molecule has 2 aromatic rings. The average Bonchev–Trinajstić information content (AvgIpc) is 2.53. The van der Waals surface area contributed by atoms with Crippen LogP contribution in [0.5, 0.6) is 0 Å². The highest BCUT2D eigenvalue weighted by Gasteiger charge is 2.20. The summed E-state index contributed by atoms with van der Waals surface area (Å²) in [7, 11) is 0. The zero-order valence-electron chi connectivity index (χ0n) is 11.4. The van der Waals surface area contributed by atoms with Gasteiger partial charge >= 0.3 is 0 Å². The molecule has 3 heterocycles. The molecule has 0 amide bonds. The van der Waals surface area contributed by atoms with Gasteiger partial charge in [-0.3, -0.25) is 4.98 Å². The summed E-state index contributed by atoms with van der Waals surface area (Å²) in [4.78, 5) is 15.3. The molecule has 0 bridgehead atoms. The number of hydrogen-bond donors (Lipinski definition) is 1. The highest BCUT2D eigenvalue weighted by molar-refractivity contribution is 5.71. The van der Waals surface area contributed by atoms with Gasteiger partial charge in [-0.25, -0.2) is 9.97 Å². The van der Waals surface area contributed by atoms with Crippen LogP contribution in [0.2, 0.25) is 0 Å². The van der Waals surface area contributed by atoms with E-state index in [9.17, 15) is 0 Å². The molecule has 0 saturated carbocycles. The third kappa shape index (κ3) is 2.86. The highest BCUT2D eigenvalue weighted by atomic mass is 16.5. The van der Waals surface area contributed by atoms with E-state index in [0.717, 1.165) is 37.3 Å². The van der Waals surface area contributed by atoms with Crippen molar-refractivity contribution in [3.8, 4) is 0 Å². The van der Waals surface area contributed by atoms with Crippen LogP contribution < -0.4 is 10.6 Å². The Bertz CT molecular complexity index is 568. The van der Waals surface area contributed by atoms with Crippen molar-refractivity contribution in [2.75, 3.05) is 31.1 Å². The summed E-state index contributed by atoms with van der Waals surface area (Å²) in [5, 5.41) is 0. The minimum absolute atomic E-state index is 0.329. The van der Waals surface area contributed by atoms with E-state index in [0.29, 0.717) is 24.9 Å². The van der Waals surface area contributed by atoms with E-state index < -0.39 is 0 Å². The van der Waals surface area contributed by atoms with Gasteiger partial charge in [-0.05, 0) is 25.0 Å². The number of anilines is 1. The van der Waals surface area contributed by atoms with E-state index in [4.69, 9.17) is 10.5 Å². The maximum absolute atomic E-state index is 5.69. The van der Waals surface area contributed by atoms with Crippen molar-refractivity contribution in [2.45, 2.75) is 18.9 Å². The Kier molecular flexibility index (Phi) is 4.03. The van der Waals surface area contributed by atoms with Crippen molar-refractivity contribution in [3.05, 3.63) is 24.5 Å². The fraction of sp³-hybridized carbons (Fsp3) is 0.500. The SMILES string of the molecule is NCCOC1CCN(c2ccc3nccnc3n2)CC1. The van der Waals surface area contributed by atoms with Crippen LogP contribution in [0.3, 0.4) is 0 Å². The Morgan fingerprint density at radius 1 is 1.20 bits per heavy atom. The summed E-state index contributed by atoms with van der Waals surface area (Å²) in [6.45, 7) is 3.14. The van der Waals surface area contributed by atoms with Crippen LogP contribution in [-0.4, -0.2) is 47.3 Å². The van der Waals surface area contributed by atoms with Gasteiger partial charge in [-0.2, -0.15) is 0 Å². The molecule has 1 fully saturated rings. The van der Waals surface area contributed by atoms with Crippen LogP contribution in [0, 0.1) is 0 Å². The average molecular weight is 273 g/mol. The first-order chi connectivity index (χ1) is 9.86. The standard InChI is InChI=1S/C14H19N5O/c15-5-10-20-11-3-8-19(9-4-11)13-2-1-12-14(18-13)17-7-6-16-12/h1-2,6-7,11H,3-5,8-10,15H2. The van der Waals surface area contributed by atoms with Crippen molar-refractivity contribution >= 4 is 17.0 Å². The number of pyridine rings is 1. The van der Waals surface area contributed by atoms with Crippen LogP contribution in [0.25, 0.3) is 11.2 Å². The van der Waals surface area contributed by atoms with Crippen LogP contribution in [0.15, 0.2) is 24.5 Å². The quantitative estimate of drug-likeness (QED) is 0.894. The maximum Gasteiger partial charge on any atom is 0.180 e. The Morgan fingerprint density at radius 2 is 2.00 bits per heavy atom. The van der Waals surface area contributed by atoms with E-state index >= 15 is 0 Å². The monoisotopic (exact) mass is 273 g/mol. The summed E-state index contributed by atoms with van der Waals surface area (Å²) in [5.74, 6) is 0.968. The van der Waals surface area contributed by atoms with E-state index in [1.807, 2.05) is 12.1 Å². The molecule has 1 saturated heterocycles. The van der Waals surface area contributed by atoms with E-state index in [-0.39, 0.29) is 0 Å². The minimum Gasteiger partial charge on any atom is -0.377 e. The molecule has 0 atom stereocenters. The third-order valence-electron chi connectivity index (χ3n) is 3.55. The predicted octanol–water partition coefficient (Wildman–Crippen LogP) is 0.969. The van der Waals surface area contributed by atoms with Gasteiger partial charge in [-0.1, -0.05) is 0 Å². The van der Waals surface area contributed by atoms with Crippen LogP contribution >= 0.6 is 0 Å². The molecule has 0 spiro atoms. The molecule has 6 heteroatoms. The first-order valence-corrected chi connectivity index (χ1v) is 7.01. The topological polar surface area (TPSA) is 77.2 Å². The van der Waals surface area contributed by atoms with Crippen LogP contribution in [0.4, 0.5) is 5.82 Å². The smallest absolute Gasteiger partial charge is 0.180 e. The lowest BCUT2D eigenvalue weighted by Gasteiger charge is -2.32. The fourth-order valence-electron chi connectivity index (χ4n) is 2.51. The van der Waals surface area contributed by atoms with Crippen molar-refractivity contribution in [3.63, 3.8) is 0 Å². The van der Waals surface area contributed by atoms with Gasteiger partial charge in [0.1, 0.15) is 11.3 Å². The first-order valence-electron chi connectivity index (χ1n) is 7.01. The molecule has 2 N–H and O–H groups in total. The summed E-state index contributed by atoms with van der Waals surface area (Å²) in [5.41, 5.74) is 6.99. The molecule has 1 aliphatic rings. The van der Waals surface area contributed by atoms with Gasteiger partial charge in [-0.15, -0.1) is 0 Å². The largest absolute Gasteiger partial charge is 0.377 e. The Morgan fingerprint density at radius 3 is 2.80 bits per heavy atom. The molecule has 6 nitrogen and oxygen atoms in total. The van der Waals surface area contributed by atoms with Crippen LogP contribution in [0.1, 0.15) is 12.8 Å². The number of ether oxygens (including phenoxy) is 1. The second-order valence-electron chi connectivity index (χ2n) is 4.91. The van der Waals surface area contributed by atoms with Crippen molar-refractivity contribution in [2.24, 2.45) is 5.73 Å². The molecule has 2 aromatic heterocycles. The molecule has 1 aliphatic heterocycles. The van der Waals surface area contributed by atoms with Gasteiger partial charge in [0.15, 0.2) is 5.65 Å². The number of piperidine rings is 1. The number of fused-ring (bicyclic) bond motifs is 1. The van der Waals surface area contributed by atoms with E-state index in [2.05, 4.69) is 19.9 Å². The molecule has 0 aromatic carbocycles. The first kappa shape index (κ1) is 13.2.